The number of amides is 2. The number of nitrogens with one attached hydrogen (secondary N) is 1. The van der Waals surface area contributed by atoms with Crippen LogP contribution in [0.1, 0.15) is 35.3 Å². The van der Waals surface area contributed by atoms with Gasteiger partial charge in [-0.3, -0.25) is 19.0 Å². The van der Waals surface area contributed by atoms with Crippen LogP contribution in [0, 0.1) is 11.7 Å². The molecule has 1 aromatic heterocycles. The molecule has 1 aliphatic rings. The van der Waals surface area contributed by atoms with Crippen molar-refractivity contribution in [2.24, 2.45) is 11.7 Å². The van der Waals surface area contributed by atoms with E-state index in [1.54, 1.807) is 0 Å². The van der Waals surface area contributed by atoms with Gasteiger partial charge in [-0.2, -0.15) is 22.0 Å². The molecule has 2 aromatic carbocycles. The van der Waals surface area contributed by atoms with Gasteiger partial charge in [-0.05, 0) is 49.2 Å². The molecule has 2 heterocycles. The Kier molecular flexibility index (Phi) is 9.40. The lowest BCUT2D eigenvalue weighted by Gasteiger charge is -2.28. The number of nitrogens with zero attached hydrogens (tertiary/aromatic N) is 1. The van der Waals surface area contributed by atoms with Crippen molar-refractivity contribution in [3.8, 4) is 16.9 Å². The Morgan fingerprint density at radius 3 is 2.47 bits per heavy atom. The van der Waals surface area contributed by atoms with E-state index in [1.807, 2.05) is 0 Å². The zero-order valence-electron chi connectivity index (χ0n) is 22.3. The number of anilines is 1. The number of aromatic nitrogens is 1. The molecule has 0 spiro atoms. The molecule has 230 valence electrons. The van der Waals surface area contributed by atoms with Gasteiger partial charge in [0, 0.05) is 34.9 Å². The third kappa shape index (κ3) is 7.31. The second-order valence-electron chi connectivity index (χ2n) is 9.84. The van der Waals surface area contributed by atoms with E-state index < -0.39 is 78.5 Å². The lowest BCUT2D eigenvalue weighted by molar-refractivity contribution is -0.181. The minimum atomic E-state index is -4.73. The predicted molar refractivity (Wildman–Crippen MR) is 144 cm³/mol. The zero-order chi connectivity index (χ0) is 31.6. The van der Waals surface area contributed by atoms with Gasteiger partial charge >= 0.3 is 12.8 Å². The minimum absolute atomic E-state index is 0.0708. The maximum absolute atomic E-state index is 15.3. The number of rotatable bonds is 8. The molecule has 1 unspecified atom stereocenters. The molecule has 4 rings (SSSR count). The molecule has 0 bridgehead atoms. The molecule has 0 radical (unpaired) electrons. The monoisotopic (exact) mass is 631 g/mol. The lowest BCUT2D eigenvalue weighted by atomic mass is 9.90. The van der Waals surface area contributed by atoms with Crippen molar-refractivity contribution in [1.82, 2.24) is 4.57 Å². The Hall–Kier alpha value is -4.04. The molecule has 3 aromatic rings. The Bertz CT molecular complexity index is 1580. The summed E-state index contributed by atoms with van der Waals surface area (Å²) in [6.45, 7) is -2.88. The van der Waals surface area contributed by atoms with E-state index in [4.69, 9.17) is 22.1 Å². The molecule has 0 aliphatic carbocycles. The average molecular weight is 632 g/mol. The molecule has 0 saturated heterocycles. The number of pyridine rings is 1. The number of halogens is 7. The number of hydrogen-bond acceptors (Lipinski definition) is 5. The standard InChI is InChI=1S/C28H24ClF6N3O5/c1-13(43-27(31)32)8-20(26(41)37-17-5-2-14(3-6-17)25(36)40)38-11-21-18(10-22(38)39)23-15(4-7-19(29)24(23)30)9-16(12-42-21)28(33,34)35/h2-7,10-11,13,16,20,27H,8-9,12H2,1H3,(H2,36,40)(H,37,41)/t13-,16+,20?/m0/s1. The van der Waals surface area contributed by atoms with Crippen molar-refractivity contribution in [2.45, 2.75) is 44.7 Å². The average Bonchev–Trinajstić information content (AvgIpc) is 2.90. The first kappa shape index (κ1) is 31.9. The van der Waals surface area contributed by atoms with Gasteiger partial charge in [0.15, 0.2) is 0 Å². The highest BCUT2D eigenvalue weighted by Crippen LogP contribution is 2.42. The van der Waals surface area contributed by atoms with Crippen LogP contribution in [0.15, 0.2) is 53.5 Å². The summed E-state index contributed by atoms with van der Waals surface area (Å²) < 4.78 is 93.2. The van der Waals surface area contributed by atoms with Gasteiger partial charge in [-0.25, -0.2) is 4.39 Å². The number of hydrogen-bond donors (Lipinski definition) is 2. The fourth-order valence-electron chi connectivity index (χ4n) is 4.70. The molecular weight excluding hydrogens is 608 g/mol. The molecule has 3 N–H and O–H groups in total. The van der Waals surface area contributed by atoms with E-state index in [1.165, 1.54) is 37.3 Å². The van der Waals surface area contributed by atoms with Crippen LogP contribution < -0.4 is 21.3 Å². The van der Waals surface area contributed by atoms with Crippen molar-refractivity contribution in [1.29, 1.82) is 0 Å². The van der Waals surface area contributed by atoms with Gasteiger partial charge in [-0.1, -0.05) is 17.7 Å². The number of ether oxygens (including phenoxy) is 2. The van der Waals surface area contributed by atoms with Crippen LogP contribution >= 0.6 is 11.6 Å². The Labute approximate surface area is 245 Å². The Balaban J connectivity index is 1.81. The molecule has 0 fully saturated rings. The molecule has 2 amide bonds. The SMILES string of the molecule is C[C@@H](CC(C(=O)Nc1ccc(C(N)=O)cc1)n1cc2c(cc1=O)-c1c(ccc(Cl)c1F)C[C@@H](C(F)(F)F)CO2)OC(F)F. The van der Waals surface area contributed by atoms with Crippen LogP contribution in [0.5, 0.6) is 5.75 Å². The number of carbonyl (C=O) groups is 2. The number of primary amides is 1. The van der Waals surface area contributed by atoms with Crippen LogP contribution in [-0.2, 0) is 16.0 Å². The Morgan fingerprint density at radius 2 is 1.86 bits per heavy atom. The van der Waals surface area contributed by atoms with Crippen molar-refractivity contribution in [3.05, 3.63) is 81.0 Å². The predicted octanol–water partition coefficient (Wildman–Crippen LogP) is 5.72. The van der Waals surface area contributed by atoms with Crippen molar-refractivity contribution < 1.29 is 45.4 Å². The minimum Gasteiger partial charge on any atom is -0.491 e. The summed E-state index contributed by atoms with van der Waals surface area (Å²) in [4.78, 5) is 38.1. The normalized spacial score (nSPS) is 16.3. The first-order valence-corrected chi connectivity index (χ1v) is 13.1. The largest absolute Gasteiger partial charge is 0.491 e. The highest BCUT2D eigenvalue weighted by atomic mass is 35.5. The van der Waals surface area contributed by atoms with Crippen LogP contribution in [0.2, 0.25) is 5.02 Å². The molecule has 43 heavy (non-hydrogen) atoms. The quantitative estimate of drug-likeness (QED) is 0.309. The van der Waals surface area contributed by atoms with Crippen molar-refractivity contribution >= 4 is 29.1 Å². The van der Waals surface area contributed by atoms with E-state index in [-0.39, 0.29) is 33.7 Å². The molecule has 1 aliphatic heterocycles. The summed E-state index contributed by atoms with van der Waals surface area (Å²) in [6, 6.07) is 6.95. The second kappa shape index (κ2) is 12.7. The van der Waals surface area contributed by atoms with E-state index >= 15 is 4.39 Å². The maximum Gasteiger partial charge on any atom is 0.395 e. The first-order chi connectivity index (χ1) is 20.1. The highest BCUT2D eigenvalue weighted by Gasteiger charge is 2.42. The highest BCUT2D eigenvalue weighted by molar-refractivity contribution is 6.31. The molecule has 15 heteroatoms. The van der Waals surface area contributed by atoms with Crippen LogP contribution in [0.4, 0.5) is 32.0 Å². The number of fused-ring (bicyclic) bond motifs is 3. The molecule has 0 saturated carbocycles. The number of benzene rings is 2. The maximum atomic E-state index is 15.3. The number of alkyl halides is 5. The third-order valence-electron chi connectivity index (χ3n) is 6.83. The Morgan fingerprint density at radius 1 is 1.19 bits per heavy atom. The van der Waals surface area contributed by atoms with E-state index in [0.29, 0.717) is 0 Å². The topological polar surface area (TPSA) is 113 Å². The fraction of sp³-hybridized carbons (Fsp3) is 0.321. The molecular formula is C28H24ClF6N3O5. The van der Waals surface area contributed by atoms with Gasteiger partial charge in [0.2, 0.25) is 11.8 Å². The van der Waals surface area contributed by atoms with E-state index in [9.17, 15) is 36.3 Å². The summed E-state index contributed by atoms with van der Waals surface area (Å²) in [6.07, 6.45) is -6.23. The van der Waals surface area contributed by atoms with Gasteiger partial charge in [0.25, 0.3) is 5.56 Å². The van der Waals surface area contributed by atoms with Gasteiger partial charge < -0.3 is 20.5 Å². The summed E-state index contributed by atoms with van der Waals surface area (Å²) in [7, 11) is 0. The van der Waals surface area contributed by atoms with Crippen LogP contribution in [0.25, 0.3) is 11.1 Å². The summed E-state index contributed by atoms with van der Waals surface area (Å²) in [5, 5.41) is 2.09. The smallest absolute Gasteiger partial charge is 0.395 e. The fourth-order valence-corrected chi connectivity index (χ4v) is 4.85. The first-order valence-electron chi connectivity index (χ1n) is 12.7. The third-order valence-corrected chi connectivity index (χ3v) is 7.12. The lowest BCUT2D eigenvalue weighted by Crippen LogP contribution is -2.36. The van der Waals surface area contributed by atoms with Crippen LogP contribution in [0.3, 0.4) is 0 Å². The second-order valence-corrected chi connectivity index (χ2v) is 10.2. The summed E-state index contributed by atoms with van der Waals surface area (Å²) >= 11 is 5.92. The molecule has 8 nitrogen and oxygen atoms in total. The number of carbonyl (C=O) groups excluding carboxylic acids is 2. The van der Waals surface area contributed by atoms with Crippen molar-refractivity contribution in [3.63, 3.8) is 0 Å². The molecule has 3 atom stereocenters. The van der Waals surface area contributed by atoms with E-state index in [0.717, 1.165) is 22.9 Å². The number of nitrogens with two attached hydrogens (primary N) is 1. The summed E-state index contributed by atoms with van der Waals surface area (Å²) in [5.41, 5.74) is 3.93. The van der Waals surface area contributed by atoms with E-state index in [2.05, 4.69) is 10.1 Å². The van der Waals surface area contributed by atoms with Crippen molar-refractivity contribution in [2.75, 3.05) is 11.9 Å². The van der Waals surface area contributed by atoms with Gasteiger partial charge in [0.05, 0.1) is 23.2 Å². The van der Waals surface area contributed by atoms with Gasteiger partial charge in [0.1, 0.15) is 24.2 Å². The van der Waals surface area contributed by atoms with Gasteiger partial charge in [-0.15, -0.1) is 0 Å². The summed E-state index contributed by atoms with van der Waals surface area (Å²) in [5.74, 6) is -5.12. The van der Waals surface area contributed by atoms with Crippen LogP contribution in [-0.4, -0.2) is 41.9 Å². The zero-order valence-corrected chi connectivity index (χ0v) is 23.0.